The second kappa shape index (κ2) is 44.1. The lowest BCUT2D eigenvalue weighted by Gasteiger charge is -2.29. The maximum absolute atomic E-state index is 12.8. The number of hydrogen-bond donors (Lipinski definition) is 5. The lowest BCUT2D eigenvalue weighted by molar-refractivity contribution is -0.890. The molecule has 0 saturated heterocycles. The van der Waals surface area contributed by atoms with Gasteiger partial charge >= 0.3 is 17.9 Å². The Balaban J connectivity index is 3.91. The highest BCUT2D eigenvalue weighted by Crippen LogP contribution is 2.13. The third-order valence-electron chi connectivity index (χ3n) is 11.3. The molecule has 4 amide bonds. The first-order valence-corrected chi connectivity index (χ1v) is 27.8. The molecule has 0 bridgehead atoms. The van der Waals surface area contributed by atoms with Gasteiger partial charge in [0.1, 0.15) is 49.6 Å². The number of nitrogens with one attached hydrogen (secondary N) is 4. The molecule has 0 aromatic heterocycles. The maximum Gasteiger partial charge on any atom is 0.329 e. The summed E-state index contributed by atoms with van der Waals surface area (Å²) >= 11 is 0. The van der Waals surface area contributed by atoms with Crippen molar-refractivity contribution in [3.63, 3.8) is 0 Å². The standard InChI is InChI=1S/C54H101N7O19/c1-53(2,3)79-51(68)44(55)14-16-48(65)59-45(52(69)80-54(4,5)6)15-17-46(63)57-21-29-73-38-40-78-42-49(66)58-22-30-74-37-39-77-41-43(62)13-12-23-60(7,8)25-31-75-35-33-71-27-18-47(64)56-20-24-61(9,10)26-32-76-36-34-72-28-19-50(67)70-11/h44-45H,12-42,55H2,1-11H3,(H2-2,56,57,58,59,63,64,65,66)/p+2/t44-,45-/m0/s1. The van der Waals surface area contributed by atoms with Crippen molar-refractivity contribution in [1.29, 1.82) is 0 Å². The number of amides is 4. The van der Waals surface area contributed by atoms with Gasteiger partial charge in [0.2, 0.25) is 23.6 Å². The Morgan fingerprint density at radius 3 is 1.43 bits per heavy atom. The minimum atomic E-state index is -1.10. The van der Waals surface area contributed by atoms with Crippen LogP contribution in [0.1, 0.15) is 92.9 Å². The van der Waals surface area contributed by atoms with Crippen LogP contribution in [0.3, 0.4) is 0 Å². The summed E-state index contributed by atoms with van der Waals surface area (Å²) in [5.74, 6) is -2.93. The molecule has 0 spiro atoms. The molecule has 26 nitrogen and oxygen atoms in total. The van der Waals surface area contributed by atoms with Crippen LogP contribution >= 0.6 is 0 Å². The van der Waals surface area contributed by atoms with Gasteiger partial charge in [0.15, 0.2) is 5.78 Å². The van der Waals surface area contributed by atoms with E-state index in [1.54, 1.807) is 41.5 Å². The van der Waals surface area contributed by atoms with E-state index in [0.29, 0.717) is 81.2 Å². The number of esters is 3. The molecule has 0 aromatic rings. The molecule has 80 heavy (non-hydrogen) atoms. The van der Waals surface area contributed by atoms with Crippen molar-refractivity contribution in [2.45, 2.75) is 116 Å². The number of quaternary nitrogens is 2. The first-order chi connectivity index (χ1) is 37.6. The van der Waals surface area contributed by atoms with Gasteiger partial charge in [0, 0.05) is 45.2 Å². The molecular weight excluding hydrogens is 1050 g/mol. The first kappa shape index (κ1) is 75.5. The number of rotatable bonds is 50. The largest absolute Gasteiger partial charge is 0.469 e. The molecule has 0 fully saturated rings. The molecular formula is C54H103N7O19+2. The van der Waals surface area contributed by atoms with E-state index in [9.17, 15) is 38.4 Å². The first-order valence-electron chi connectivity index (χ1n) is 27.8. The predicted molar refractivity (Wildman–Crippen MR) is 295 cm³/mol. The van der Waals surface area contributed by atoms with Crippen LogP contribution < -0.4 is 27.0 Å². The van der Waals surface area contributed by atoms with Gasteiger partial charge in [-0.1, -0.05) is 0 Å². The molecule has 0 aromatic carbocycles. The van der Waals surface area contributed by atoms with Gasteiger partial charge in [0.25, 0.3) is 0 Å². The van der Waals surface area contributed by atoms with Gasteiger partial charge in [-0.05, 0) is 54.4 Å². The Kier molecular flexibility index (Phi) is 41.7. The molecule has 0 saturated carbocycles. The summed E-state index contributed by atoms with van der Waals surface area (Å²) in [5, 5.41) is 10.9. The molecule has 6 N–H and O–H groups in total. The number of nitrogens with two attached hydrogens (primary N) is 1. The van der Waals surface area contributed by atoms with E-state index in [-0.39, 0.29) is 134 Å². The number of methoxy groups -OCH3 is 1. The summed E-state index contributed by atoms with van der Waals surface area (Å²) in [6, 6.07) is -2.13. The summed E-state index contributed by atoms with van der Waals surface area (Å²) in [4.78, 5) is 98.0. The Morgan fingerprint density at radius 1 is 0.438 bits per heavy atom. The fraction of sp³-hybridized carbons (Fsp3) is 0.852. The van der Waals surface area contributed by atoms with Crippen LogP contribution in [0, 0.1) is 0 Å². The summed E-state index contributed by atoms with van der Waals surface area (Å²) in [5.41, 5.74) is 4.32. The lowest BCUT2D eigenvalue weighted by Crippen LogP contribution is -2.47. The highest BCUT2D eigenvalue weighted by molar-refractivity contribution is 5.86. The summed E-state index contributed by atoms with van der Waals surface area (Å²) < 4.78 is 60.6. The van der Waals surface area contributed by atoms with Crippen molar-refractivity contribution in [2.75, 3.05) is 187 Å². The zero-order valence-corrected chi connectivity index (χ0v) is 50.3. The van der Waals surface area contributed by atoms with Gasteiger partial charge in [0.05, 0.1) is 154 Å². The van der Waals surface area contributed by atoms with E-state index >= 15 is 0 Å². The molecule has 466 valence electrons. The number of carbonyl (C=O) groups excluding carboxylic acids is 8. The second-order valence-corrected chi connectivity index (χ2v) is 22.2. The molecule has 2 atom stereocenters. The van der Waals surface area contributed by atoms with Crippen LogP contribution in [0.5, 0.6) is 0 Å². The Bertz CT molecular complexity index is 1760. The molecule has 0 aliphatic heterocycles. The quantitative estimate of drug-likeness (QED) is 0.0231. The third-order valence-corrected chi connectivity index (χ3v) is 11.3. The van der Waals surface area contributed by atoms with Gasteiger partial charge < -0.3 is 88.1 Å². The van der Waals surface area contributed by atoms with E-state index in [4.69, 9.17) is 53.1 Å². The topological polar surface area (TPSA) is 312 Å². The van der Waals surface area contributed by atoms with Crippen molar-refractivity contribution in [3.8, 4) is 0 Å². The third kappa shape index (κ3) is 48.2. The number of likely N-dealkylation sites (N-methyl/N-ethyl adjacent to an activating group) is 2. The van der Waals surface area contributed by atoms with Crippen LogP contribution in [-0.2, 0) is 90.5 Å². The average Bonchev–Trinajstić information content (AvgIpc) is 3.36. The second-order valence-electron chi connectivity index (χ2n) is 22.2. The monoisotopic (exact) mass is 1150 g/mol. The minimum absolute atomic E-state index is 0.00131. The Hall–Kier alpha value is -4.48. The molecule has 0 aliphatic rings. The van der Waals surface area contributed by atoms with Crippen molar-refractivity contribution >= 4 is 47.3 Å². The molecule has 0 unspecified atom stereocenters. The fourth-order valence-electron chi connectivity index (χ4n) is 6.68. The summed E-state index contributed by atoms with van der Waals surface area (Å²) in [6.45, 7) is 18.7. The number of Topliss-reactive ketones (excluding diaryl/α,β-unsaturated/α-hetero) is 1. The van der Waals surface area contributed by atoms with E-state index < -0.39 is 41.1 Å². The number of ether oxygens (including phenoxy) is 11. The van der Waals surface area contributed by atoms with Crippen molar-refractivity contribution < 1.29 is 99.4 Å². The van der Waals surface area contributed by atoms with Crippen LogP contribution in [0.2, 0.25) is 0 Å². The molecule has 0 rings (SSSR count). The molecule has 26 heteroatoms. The van der Waals surface area contributed by atoms with E-state index in [1.807, 2.05) is 0 Å². The van der Waals surface area contributed by atoms with Gasteiger partial charge in [-0.25, -0.2) is 4.79 Å². The molecule has 0 radical (unpaired) electrons. The highest BCUT2D eigenvalue weighted by Gasteiger charge is 2.29. The smallest absolute Gasteiger partial charge is 0.329 e. The average molecular weight is 1150 g/mol. The van der Waals surface area contributed by atoms with Crippen molar-refractivity contribution in [1.82, 2.24) is 21.3 Å². The number of nitrogens with zero attached hydrogens (tertiary/aromatic N) is 2. The Morgan fingerprint density at radius 2 is 0.875 bits per heavy atom. The van der Waals surface area contributed by atoms with Crippen LogP contribution in [0.15, 0.2) is 0 Å². The normalized spacial score (nSPS) is 12.8. The van der Waals surface area contributed by atoms with E-state index in [1.165, 1.54) is 7.11 Å². The van der Waals surface area contributed by atoms with E-state index in [0.717, 1.165) is 26.2 Å². The van der Waals surface area contributed by atoms with Gasteiger partial charge in [-0.2, -0.15) is 0 Å². The van der Waals surface area contributed by atoms with Crippen LogP contribution in [0.25, 0.3) is 0 Å². The summed E-state index contributed by atoms with van der Waals surface area (Å²) in [7, 11) is 9.67. The predicted octanol–water partition coefficient (Wildman–Crippen LogP) is -0.0210. The van der Waals surface area contributed by atoms with Crippen molar-refractivity contribution in [2.24, 2.45) is 5.73 Å². The van der Waals surface area contributed by atoms with Crippen LogP contribution in [-0.4, -0.2) is 266 Å². The SMILES string of the molecule is COC(=O)CCOCCOCC[N+](C)(C)CCNC(=O)CCOCCOCC[N+](C)(C)CCCC(=O)COCCOCCNC(=O)COCCOCCNC(=O)CC[C@H](NC(=O)CC[C@H](N)C(=O)OC(C)(C)C)C(=O)OC(C)(C)C. The highest BCUT2D eigenvalue weighted by atomic mass is 16.6. The number of ketones is 1. The molecule has 0 heterocycles. The maximum atomic E-state index is 12.8. The molecule has 0 aliphatic carbocycles. The van der Waals surface area contributed by atoms with Gasteiger partial charge in [-0.3, -0.25) is 33.6 Å². The zero-order chi connectivity index (χ0) is 60.3. The van der Waals surface area contributed by atoms with E-state index in [2.05, 4.69) is 54.2 Å². The Labute approximate surface area is 475 Å². The minimum Gasteiger partial charge on any atom is -0.469 e. The van der Waals surface area contributed by atoms with Crippen molar-refractivity contribution in [3.05, 3.63) is 0 Å². The fourth-order valence-corrected chi connectivity index (χ4v) is 6.68. The lowest BCUT2D eigenvalue weighted by atomic mass is 10.1. The van der Waals surface area contributed by atoms with Crippen LogP contribution in [0.4, 0.5) is 0 Å². The number of carbonyl (C=O) groups is 8. The number of hydrogen-bond acceptors (Lipinski definition) is 20. The van der Waals surface area contributed by atoms with Gasteiger partial charge in [-0.15, -0.1) is 0 Å². The zero-order valence-electron chi connectivity index (χ0n) is 50.3. The summed E-state index contributed by atoms with van der Waals surface area (Å²) in [6.07, 6.45) is 1.34.